The predicted molar refractivity (Wildman–Crippen MR) is 117 cm³/mol. The number of carbonyl (C=O) groups excluding carboxylic acids is 1. The van der Waals surface area contributed by atoms with Gasteiger partial charge in [-0.1, -0.05) is 38.2 Å². The molecule has 0 heterocycles. The van der Waals surface area contributed by atoms with Crippen LogP contribution in [0.25, 0.3) is 0 Å². The Kier molecular flexibility index (Phi) is 11.0. The lowest BCUT2D eigenvalue weighted by Gasteiger charge is -2.34. The Labute approximate surface area is 179 Å². The Hall–Kier alpha value is -1.47. The molecule has 5 N–H and O–H groups in total. The topological polar surface area (TPSA) is 139 Å². The van der Waals surface area contributed by atoms with Gasteiger partial charge in [0.15, 0.2) is 6.10 Å². The van der Waals surface area contributed by atoms with Crippen molar-refractivity contribution in [2.45, 2.75) is 71.2 Å². The van der Waals surface area contributed by atoms with E-state index in [9.17, 15) is 24.2 Å². The highest BCUT2D eigenvalue weighted by Crippen LogP contribution is 2.52. The highest BCUT2D eigenvalue weighted by molar-refractivity contribution is 7.53. The first-order chi connectivity index (χ1) is 14.0. The van der Waals surface area contributed by atoms with E-state index in [1.54, 1.807) is 26.0 Å². The maximum atomic E-state index is 13.0. The molecule has 1 saturated carbocycles. The molecule has 8 nitrogen and oxygen atoms in total. The fraction of sp³-hybridized carbons (Fsp3) is 0.714. The number of allylic oxidation sites excluding steroid dienone is 3. The summed E-state index contributed by atoms with van der Waals surface area (Å²) in [6.45, 7) is 9.38. The lowest BCUT2D eigenvalue weighted by molar-refractivity contribution is -0.149. The maximum absolute atomic E-state index is 13.0. The summed E-state index contributed by atoms with van der Waals surface area (Å²) in [5.41, 5.74) is 6.65. The third-order valence-corrected chi connectivity index (χ3v) is 7.56. The van der Waals surface area contributed by atoms with Crippen molar-refractivity contribution in [3.8, 4) is 0 Å². The summed E-state index contributed by atoms with van der Waals surface area (Å²) >= 11 is 0. The van der Waals surface area contributed by atoms with E-state index < -0.39 is 37.3 Å². The molecule has 0 aromatic rings. The molecule has 1 aliphatic rings. The minimum atomic E-state index is -4.44. The molecule has 30 heavy (non-hydrogen) atoms. The van der Waals surface area contributed by atoms with E-state index in [1.165, 1.54) is 0 Å². The van der Waals surface area contributed by atoms with Crippen LogP contribution in [0.4, 0.5) is 0 Å². The number of amides is 1. The SMILES string of the molecule is C=CC=C(C)CCC(=O)NC(C(C)C)P(=O)(O)OC(C(=O)O)C1CCC(CN)CC1. The molecular formula is C21H37N2O6P. The highest BCUT2D eigenvalue weighted by atomic mass is 31.2. The van der Waals surface area contributed by atoms with E-state index in [0.29, 0.717) is 31.7 Å². The van der Waals surface area contributed by atoms with Crippen molar-refractivity contribution in [3.63, 3.8) is 0 Å². The Morgan fingerprint density at radius 1 is 1.27 bits per heavy atom. The Morgan fingerprint density at radius 3 is 2.33 bits per heavy atom. The average molecular weight is 445 g/mol. The Balaban J connectivity index is 2.84. The van der Waals surface area contributed by atoms with Crippen LogP contribution in [0, 0.1) is 17.8 Å². The lowest BCUT2D eigenvalue weighted by Crippen LogP contribution is -2.42. The molecule has 0 bridgehead atoms. The predicted octanol–water partition coefficient (Wildman–Crippen LogP) is 3.42. The molecule has 9 heteroatoms. The first-order valence-corrected chi connectivity index (χ1v) is 12.2. The third-order valence-electron chi connectivity index (χ3n) is 5.60. The number of carboxylic acid groups (broad SMARTS) is 1. The standard InChI is InChI=1S/C21H37N2O6P/c1-5-6-15(4)7-12-18(24)23-20(14(2)3)30(27,28)29-19(21(25)26)17-10-8-16(13-22)9-11-17/h5-6,14,16-17,19-20H,1,7-13,22H2,2-4H3,(H,23,24)(H,25,26)(H,27,28). The Morgan fingerprint density at radius 2 is 1.87 bits per heavy atom. The summed E-state index contributed by atoms with van der Waals surface area (Å²) < 4.78 is 18.4. The molecule has 0 aromatic carbocycles. The van der Waals surface area contributed by atoms with Gasteiger partial charge < -0.3 is 21.1 Å². The van der Waals surface area contributed by atoms with Gasteiger partial charge in [0.05, 0.1) is 0 Å². The van der Waals surface area contributed by atoms with Gasteiger partial charge in [0, 0.05) is 6.42 Å². The van der Waals surface area contributed by atoms with Gasteiger partial charge in [-0.2, -0.15) is 0 Å². The molecule has 0 radical (unpaired) electrons. The van der Waals surface area contributed by atoms with E-state index in [-0.39, 0.29) is 12.3 Å². The second-order valence-corrected chi connectivity index (χ2v) is 10.3. The van der Waals surface area contributed by atoms with Crippen molar-refractivity contribution in [3.05, 3.63) is 24.3 Å². The number of carboxylic acids is 1. The summed E-state index contributed by atoms with van der Waals surface area (Å²) in [5.74, 6) is -3.27. The summed E-state index contributed by atoms with van der Waals surface area (Å²) in [7, 11) is -4.44. The fourth-order valence-corrected chi connectivity index (χ4v) is 5.52. The van der Waals surface area contributed by atoms with Gasteiger partial charge >= 0.3 is 13.6 Å². The maximum Gasteiger partial charge on any atom is 0.351 e. The van der Waals surface area contributed by atoms with Crippen LogP contribution in [0.2, 0.25) is 0 Å². The third kappa shape index (κ3) is 8.34. The number of nitrogens with two attached hydrogens (primary N) is 1. The number of rotatable bonds is 12. The van der Waals surface area contributed by atoms with Gasteiger partial charge in [-0.15, -0.1) is 0 Å². The van der Waals surface area contributed by atoms with Crippen LogP contribution in [-0.4, -0.2) is 40.3 Å². The zero-order valence-corrected chi connectivity index (χ0v) is 19.1. The zero-order chi connectivity index (χ0) is 22.9. The fourth-order valence-electron chi connectivity index (χ4n) is 3.75. The summed E-state index contributed by atoms with van der Waals surface area (Å²) in [5, 5.41) is 12.2. The second-order valence-electron chi connectivity index (χ2n) is 8.45. The molecule has 0 spiro atoms. The molecule has 3 atom stereocenters. The van der Waals surface area contributed by atoms with Crippen LogP contribution in [0.3, 0.4) is 0 Å². The van der Waals surface area contributed by atoms with Crippen molar-refractivity contribution in [2.75, 3.05) is 6.54 Å². The Bertz CT molecular complexity index is 670. The van der Waals surface area contributed by atoms with Gasteiger partial charge in [0.1, 0.15) is 5.78 Å². The van der Waals surface area contributed by atoms with Crippen LogP contribution in [-0.2, 0) is 18.7 Å². The number of aliphatic carboxylic acids is 1. The number of nitrogens with one attached hydrogen (secondary N) is 1. The van der Waals surface area contributed by atoms with Crippen LogP contribution in [0.1, 0.15) is 59.3 Å². The molecule has 1 rings (SSSR count). The minimum Gasteiger partial charge on any atom is -0.479 e. The average Bonchev–Trinajstić information content (AvgIpc) is 2.68. The molecule has 1 fully saturated rings. The van der Waals surface area contributed by atoms with Crippen LogP contribution < -0.4 is 11.1 Å². The van der Waals surface area contributed by atoms with Crippen molar-refractivity contribution in [1.29, 1.82) is 0 Å². The van der Waals surface area contributed by atoms with Crippen molar-refractivity contribution < 1.29 is 28.7 Å². The first-order valence-electron chi connectivity index (χ1n) is 10.5. The van der Waals surface area contributed by atoms with Gasteiger partial charge in [0.2, 0.25) is 5.91 Å². The number of carbonyl (C=O) groups is 2. The van der Waals surface area contributed by atoms with Gasteiger partial charge in [0.25, 0.3) is 0 Å². The van der Waals surface area contributed by atoms with Gasteiger partial charge in [-0.05, 0) is 63.3 Å². The van der Waals surface area contributed by atoms with E-state index in [0.717, 1.165) is 18.4 Å². The van der Waals surface area contributed by atoms with E-state index in [1.807, 2.05) is 6.92 Å². The van der Waals surface area contributed by atoms with Gasteiger partial charge in [-0.25, -0.2) is 4.79 Å². The van der Waals surface area contributed by atoms with Crippen LogP contribution in [0.5, 0.6) is 0 Å². The normalized spacial score (nSPS) is 24.0. The smallest absolute Gasteiger partial charge is 0.351 e. The molecule has 3 unspecified atom stereocenters. The lowest BCUT2D eigenvalue weighted by atomic mass is 9.79. The monoisotopic (exact) mass is 444 g/mol. The number of hydrogen-bond donors (Lipinski definition) is 4. The molecule has 0 aliphatic heterocycles. The second kappa shape index (κ2) is 12.4. The molecule has 0 saturated heterocycles. The molecular weight excluding hydrogens is 407 g/mol. The molecule has 0 aromatic heterocycles. The summed E-state index contributed by atoms with van der Waals surface area (Å²) in [6.07, 6.45) is 5.36. The summed E-state index contributed by atoms with van der Waals surface area (Å²) in [4.78, 5) is 34.7. The van der Waals surface area contributed by atoms with Gasteiger partial charge in [-0.3, -0.25) is 13.9 Å². The first kappa shape index (κ1) is 26.6. The summed E-state index contributed by atoms with van der Waals surface area (Å²) in [6, 6.07) is 0. The number of hydrogen-bond acceptors (Lipinski definition) is 5. The van der Waals surface area contributed by atoms with E-state index in [4.69, 9.17) is 10.3 Å². The van der Waals surface area contributed by atoms with E-state index in [2.05, 4.69) is 11.9 Å². The minimum absolute atomic E-state index is 0.144. The highest BCUT2D eigenvalue weighted by Gasteiger charge is 2.43. The largest absolute Gasteiger partial charge is 0.479 e. The molecule has 172 valence electrons. The zero-order valence-electron chi connectivity index (χ0n) is 18.3. The van der Waals surface area contributed by atoms with E-state index >= 15 is 0 Å². The van der Waals surface area contributed by atoms with Crippen LogP contribution >= 0.6 is 7.60 Å². The van der Waals surface area contributed by atoms with Crippen molar-refractivity contribution >= 4 is 19.5 Å². The quantitative estimate of drug-likeness (QED) is 0.267. The molecule has 1 amide bonds. The molecule has 1 aliphatic carbocycles. The van der Waals surface area contributed by atoms with Crippen molar-refractivity contribution in [1.82, 2.24) is 5.32 Å². The van der Waals surface area contributed by atoms with Crippen molar-refractivity contribution in [2.24, 2.45) is 23.5 Å². The van der Waals surface area contributed by atoms with Crippen LogP contribution in [0.15, 0.2) is 24.3 Å².